The zero-order chi connectivity index (χ0) is 16.0. The van der Waals surface area contributed by atoms with Gasteiger partial charge < -0.3 is 15.3 Å². The first-order valence-corrected chi connectivity index (χ1v) is 6.63. The second-order valence-electron chi connectivity index (χ2n) is 4.89. The average Bonchev–Trinajstić information content (AvgIpc) is 2.45. The van der Waals surface area contributed by atoms with Gasteiger partial charge in [-0.2, -0.15) is 0 Å². The summed E-state index contributed by atoms with van der Waals surface area (Å²) in [5.74, 6) is -1.65. The number of likely N-dealkylation sites (N-methyl/N-ethyl adjacent to an activating group) is 1. The van der Waals surface area contributed by atoms with Crippen LogP contribution in [0.1, 0.15) is 31.9 Å². The Balaban J connectivity index is 2.84. The number of hydrogen-bond acceptors (Lipinski definition) is 3. The maximum atomic E-state index is 12.2. The van der Waals surface area contributed by atoms with Crippen molar-refractivity contribution in [3.8, 4) is 0 Å². The molecule has 0 fully saturated rings. The van der Waals surface area contributed by atoms with Crippen molar-refractivity contribution in [2.45, 2.75) is 32.4 Å². The lowest BCUT2D eigenvalue weighted by Crippen LogP contribution is -2.42. The van der Waals surface area contributed by atoms with Gasteiger partial charge >= 0.3 is 5.97 Å². The molecule has 1 rings (SSSR count). The topological polar surface area (TPSA) is 86.7 Å². The fourth-order valence-electron chi connectivity index (χ4n) is 1.88. The summed E-state index contributed by atoms with van der Waals surface area (Å²) in [5, 5.41) is 11.7. The molecule has 0 aliphatic heterocycles. The Bertz CT molecular complexity index is 516. The van der Waals surface area contributed by atoms with Gasteiger partial charge in [0.1, 0.15) is 6.04 Å². The molecule has 6 nitrogen and oxygen atoms in total. The first kappa shape index (κ1) is 16.7. The first-order chi connectivity index (χ1) is 9.82. The molecule has 21 heavy (non-hydrogen) atoms. The van der Waals surface area contributed by atoms with Gasteiger partial charge in [-0.1, -0.05) is 30.3 Å². The van der Waals surface area contributed by atoms with Crippen molar-refractivity contribution < 1.29 is 19.5 Å². The van der Waals surface area contributed by atoms with E-state index in [1.807, 2.05) is 30.3 Å². The van der Waals surface area contributed by atoms with E-state index in [0.717, 1.165) is 5.56 Å². The average molecular weight is 292 g/mol. The van der Waals surface area contributed by atoms with Crippen LogP contribution in [-0.4, -0.2) is 40.9 Å². The number of carbonyl (C=O) groups excluding carboxylic acids is 2. The second-order valence-corrected chi connectivity index (χ2v) is 4.89. The van der Waals surface area contributed by atoms with E-state index in [2.05, 4.69) is 5.32 Å². The summed E-state index contributed by atoms with van der Waals surface area (Å²) in [4.78, 5) is 35.5. The van der Waals surface area contributed by atoms with Crippen LogP contribution in [0.3, 0.4) is 0 Å². The van der Waals surface area contributed by atoms with Crippen LogP contribution in [0.15, 0.2) is 30.3 Å². The van der Waals surface area contributed by atoms with E-state index in [1.54, 1.807) is 0 Å². The molecule has 0 bridgehead atoms. The molecule has 0 saturated carbocycles. The quantitative estimate of drug-likeness (QED) is 0.824. The van der Waals surface area contributed by atoms with Crippen molar-refractivity contribution >= 4 is 17.8 Å². The molecule has 0 radical (unpaired) electrons. The molecule has 0 spiro atoms. The Kier molecular flexibility index (Phi) is 5.90. The number of nitrogens with zero attached hydrogens (tertiary/aromatic N) is 1. The fourth-order valence-corrected chi connectivity index (χ4v) is 1.88. The molecule has 2 N–H and O–H groups in total. The summed E-state index contributed by atoms with van der Waals surface area (Å²) < 4.78 is 0. The van der Waals surface area contributed by atoms with Crippen molar-refractivity contribution in [2.24, 2.45) is 0 Å². The van der Waals surface area contributed by atoms with Gasteiger partial charge in [0.05, 0.1) is 12.5 Å². The van der Waals surface area contributed by atoms with Crippen molar-refractivity contribution in [3.63, 3.8) is 0 Å². The molecule has 1 aromatic rings. The maximum absolute atomic E-state index is 12.2. The van der Waals surface area contributed by atoms with Crippen molar-refractivity contribution in [2.75, 3.05) is 7.05 Å². The van der Waals surface area contributed by atoms with Gasteiger partial charge in [0, 0.05) is 14.0 Å². The Labute approximate surface area is 123 Å². The monoisotopic (exact) mass is 292 g/mol. The van der Waals surface area contributed by atoms with Gasteiger partial charge in [-0.15, -0.1) is 0 Å². The smallest absolute Gasteiger partial charge is 0.326 e. The van der Waals surface area contributed by atoms with Crippen molar-refractivity contribution in [3.05, 3.63) is 35.9 Å². The molecule has 0 aliphatic carbocycles. The van der Waals surface area contributed by atoms with Crippen LogP contribution in [0.5, 0.6) is 0 Å². The van der Waals surface area contributed by atoms with Crippen LogP contribution in [0.25, 0.3) is 0 Å². The predicted octanol–water partition coefficient (Wildman–Crippen LogP) is 1.19. The van der Waals surface area contributed by atoms with Gasteiger partial charge in [-0.05, 0) is 12.5 Å². The second kappa shape index (κ2) is 7.42. The number of carbonyl (C=O) groups is 3. The van der Waals surface area contributed by atoms with Gasteiger partial charge in [0.15, 0.2) is 0 Å². The van der Waals surface area contributed by atoms with Crippen LogP contribution in [0.4, 0.5) is 0 Å². The third kappa shape index (κ3) is 4.91. The van der Waals surface area contributed by atoms with Crippen LogP contribution < -0.4 is 5.32 Å². The summed E-state index contributed by atoms with van der Waals surface area (Å²) in [6.45, 7) is 2.82. The molecule has 2 amide bonds. The number of benzene rings is 1. The van der Waals surface area contributed by atoms with Crippen LogP contribution in [0, 0.1) is 0 Å². The Hall–Kier alpha value is -2.37. The highest BCUT2D eigenvalue weighted by Crippen LogP contribution is 2.18. The molecule has 0 aromatic heterocycles. The van der Waals surface area contributed by atoms with Gasteiger partial charge in [-0.3, -0.25) is 9.59 Å². The van der Waals surface area contributed by atoms with Crippen LogP contribution in [0.2, 0.25) is 0 Å². The molecular formula is C15H20N2O4. The number of nitrogens with one attached hydrogen (secondary N) is 1. The van der Waals surface area contributed by atoms with Crippen LogP contribution >= 0.6 is 0 Å². The van der Waals surface area contributed by atoms with Gasteiger partial charge in [0.25, 0.3) is 0 Å². The Morgan fingerprint density at radius 3 is 2.29 bits per heavy atom. The summed E-state index contributed by atoms with van der Waals surface area (Å²) in [5.41, 5.74) is 0.803. The molecule has 0 saturated heterocycles. The molecule has 0 heterocycles. The normalized spacial score (nSPS) is 13.1. The van der Waals surface area contributed by atoms with Crippen LogP contribution in [-0.2, 0) is 14.4 Å². The number of carboxylic acid groups (broad SMARTS) is 1. The first-order valence-electron chi connectivity index (χ1n) is 6.63. The highest BCUT2D eigenvalue weighted by atomic mass is 16.4. The Morgan fingerprint density at radius 2 is 1.81 bits per heavy atom. The third-order valence-electron chi connectivity index (χ3n) is 3.29. The molecule has 6 heteroatoms. The SMILES string of the molecule is CC(=O)NC(CC(=O)N(C)C(C)C(=O)O)c1ccccc1. The molecule has 114 valence electrons. The molecule has 2 unspecified atom stereocenters. The molecule has 0 aliphatic rings. The summed E-state index contributed by atoms with van der Waals surface area (Å²) in [6, 6.07) is 7.72. The van der Waals surface area contributed by atoms with Crippen molar-refractivity contribution in [1.82, 2.24) is 10.2 Å². The predicted molar refractivity (Wildman–Crippen MR) is 77.5 cm³/mol. The summed E-state index contributed by atoms with van der Waals surface area (Å²) >= 11 is 0. The van der Waals surface area contributed by atoms with E-state index in [0.29, 0.717) is 0 Å². The van der Waals surface area contributed by atoms with Crippen molar-refractivity contribution in [1.29, 1.82) is 0 Å². The minimum Gasteiger partial charge on any atom is -0.480 e. The van der Waals surface area contributed by atoms with Gasteiger partial charge in [-0.25, -0.2) is 4.79 Å². The number of rotatable bonds is 6. The van der Waals surface area contributed by atoms with E-state index in [1.165, 1.54) is 25.8 Å². The van der Waals surface area contributed by atoms with E-state index >= 15 is 0 Å². The van der Waals surface area contributed by atoms with E-state index in [-0.39, 0.29) is 18.2 Å². The zero-order valence-corrected chi connectivity index (χ0v) is 12.4. The highest BCUT2D eigenvalue weighted by Gasteiger charge is 2.25. The molecule has 2 atom stereocenters. The maximum Gasteiger partial charge on any atom is 0.326 e. The minimum atomic E-state index is -1.07. The highest BCUT2D eigenvalue weighted by molar-refractivity contribution is 5.84. The minimum absolute atomic E-state index is 0.0116. The number of carboxylic acids is 1. The summed E-state index contributed by atoms with van der Waals surface area (Å²) in [6.07, 6.45) is 0.0116. The zero-order valence-electron chi connectivity index (χ0n) is 12.4. The number of amides is 2. The third-order valence-corrected chi connectivity index (χ3v) is 3.29. The number of hydrogen-bond donors (Lipinski definition) is 2. The standard InChI is InChI=1S/C15H20N2O4/c1-10(15(20)21)17(3)14(19)9-13(16-11(2)18)12-7-5-4-6-8-12/h4-8,10,13H,9H2,1-3H3,(H,16,18)(H,20,21). The Morgan fingerprint density at radius 1 is 1.24 bits per heavy atom. The van der Waals surface area contributed by atoms with E-state index < -0.39 is 18.1 Å². The van der Waals surface area contributed by atoms with Gasteiger partial charge in [0.2, 0.25) is 11.8 Å². The van der Waals surface area contributed by atoms with E-state index in [4.69, 9.17) is 5.11 Å². The molecular weight excluding hydrogens is 272 g/mol. The fraction of sp³-hybridized carbons (Fsp3) is 0.400. The number of aliphatic carboxylic acids is 1. The molecule has 1 aromatic carbocycles. The lowest BCUT2D eigenvalue weighted by molar-refractivity contribution is -0.148. The van der Waals surface area contributed by atoms with E-state index in [9.17, 15) is 14.4 Å². The lowest BCUT2D eigenvalue weighted by Gasteiger charge is -2.25. The lowest BCUT2D eigenvalue weighted by atomic mass is 10.0. The largest absolute Gasteiger partial charge is 0.480 e. The summed E-state index contributed by atoms with van der Waals surface area (Å²) in [7, 11) is 1.44.